The van der Waals surface area contributed by atoms with Crippen LogP contribution < -0.4 is 0 Å². The predicted molar refractivity (Wildman–Crippen MR) is 66.8 cm³/mol. The molecule has 0 saturated heterocycles. The molecule has 17 heavy (non-hydrogen) atoms. The van der Waals surface area contributed by atoms with Crippen molar-refractivity contribution in [2.24, 2.45) is 5.92 Å². The lowest BCUT2D eigenvalue weighted by molar-refractivity contribution is -0.149. The Morgan fingerprint density at radius 1 is 1.06 bits per heavy atom. The van der Waals surface area contributed by atoms with Crippen LogP contribution in [0.2, 0.25) is 0 Å². The van der Waals surface area contributed by atoms with Crippen LogP contribution in [0.25, 0.3) is 0 Å². The number of carboxylic acid groups (broad SMARTS) is 1. The Kier molecular flexibility index (Phi) is 9.09. The van der Waals surface area contributed by atoms with Crippen molar-refractivity contribution in [2.75, 3.05) is 0 Å². The maximum absolute atomic E-state index is 10.9. The van der Waals surface area contributed by atoms with E-state index in [-0.39, 0.29) is 0 Å². The molecular weight excluding hydrogens is 220 g/mol. The zero-order valence-electron chi connectivity index (χ0n) is 10.9. The summed E-state index contributed by atoms with van der Waals surface area (Å²) < 4.78 is 0. The molecule has 4 nitrogen and oxygen atoms in total. The van der Waals surface area contributed by atoms with Gasteiger partial charge in [-0.05, 0) is 13.3 Å². The quantitative estimate of drug-likeness (QED) is 0.516. The molecule has 3 unspecified atom stereocenters. The van der Waals surface area contributed by atoms with Crippen LogP contribution in [0.4, 0.5) is 0 Å². The van der Waals surface area contributed by atoms with Crippen LogP contribution in [0, 0.1) is 5.92 Å². The molecule has 0 aromatic heterocycles. The van der Waals surface area contributed by atoms with Crippen molar-refractivity contribution in [3.63, 3.8) is 0 Å². The van der Waals surface area contributed by atoms with E-state index < -0.39 is 24.1 Å². The lowest BCUT2D eigenvalue weighted by Gasteiger charge is -2.21. The Hall–Kier alpha value is -0.610. The fourth-order valence-electron chi connectivity index (χ4n) is 1.92. The lowest BCUT2D eigenvalue weighted by atomic mass is 9.92. The molecule has 0 aliphatic carbocycles. The third-order valence-corrected chi connectivity index (χ3v) is 3.09. The van der Waals surface area contributed by atoms with Crippen LogP contribution in [-0.4, -0.2) is 33.5 Å². The van der Waals surface area contributed by atoms with Gasteiger partial charge in [0.25, 0.3) is 0 Å². The summed E-state index contributed by atoms with van der Waals surface area (Å²) in [7, 11) is 0. The average Bonchev–Trinajstić information content (AvgIpc) is 2.26. The Morgan fingerprint density at radius 3 is 2.06 bits per heavy atom. The number of aliphatic hydroxyl groups is 2. The molecular formula is C13H26O4. The van der Waals surface area contributed by atoms with Gasteiger partial charge in [-0.25, -0.2) is 0 Å². The van der Waals surface area contributed by atoms with Gasteiger partial charge in [-0.2, -0.15) is 0 Å². The fraction of sp³-hybridized carbons (Fsp3) is 0.923. The zero-order chi connectivity index (χ0) is 13.3. The molecule has 0 bridgehead atoms. The Balaban J connectivity index is 3.83. The number of unbranched alkanes of at least 4 members (excludes halogenated alkanes) is 5. The summed E-state index contributed by atoms with van der Waals surface area (Å²) >= 11 is 0. The third-order valence-electron chi connectivity index (χ3n) is 3.09. The fourth-order valence-corrected chi connectivity index (χ4v) is 1.92. The summed E-state index contributed by atoms with van der Waals surface area (Å²) in [5.74, 6) is -1.87. The first-order valence-electron chi connectivity index (χ1n) is 6.59. The minimum absolute atomic E-state index is 0.438. The summed E-state index contributed by atoms with van der Waals surface area (Å²) in [5.41, 5.74) is 0. The van der Waals surface area contributed by atoms with Crippen LogP contribution in [0.15, 0.2) is 0 Å². The number of hydrogen-bond donors (Lipinski definition) is 3. The molecule has 3 atom stereocenters. The number of hydrogen-bond acceptors (Lipinski definition) is 3. The molecule has 0 aromatic rings. The van der Waals surface area contributed by atoms with Gasteiger partial charge in [-0.1, -0.05) is 45.4 Å². The largest absolute Gasteiger partial charge is 0.481 e. The van der Waals surface area contributed by atoms with E-state index in [0.29, 0.717) is 6.42 Å². The van der Waals surface area contributed by atoms with Crippen molar-refractivity contribution >= 4 is 5.97 Å². The topological polar surface area (TPSA) is 77.8 Å². The van der Waals surface area contributed by atoms with E-state index in [9.17, 15) is 15.0 Å². The monoisotopic (exact) mass is 246 g/mol. The smallest absolute Gasteiger partial charge is 0.309 e. The van der Waals surface area contributed by atoms with Crippen LogP contribution in [0.3, 0.4) is 0 Å². The van der Waals surface area contributed by atoms with Crippen molar-refractivity contribution in [2.45, 2.75) is 71.0 Å². The molecule has 0 saturated carbocycles. The molecule has 0 aromatic carbocycles. The molecule has 0 fully saturated rings. The van der Waals surface area contributed by atoms with E-state index in [1.54, 1.807) is 0 Å². The minimum atomic E-state index is -1.16. The SMILES string of the molecule is CCCCCCCCC(C(=O)O)C(O)C(C)O. The lowest BCUT2D eigenvalue weighted by Crippen LogP contribution is -2.36. The molecule has 102 valence electrons. The maximum atomic E-state index is 10.9. The second kappa shape index (κ2) is 9.42. The molecule has 3 N–H and O–H groups in total. The van der Waals surface area contributed by atoms with Crippen LogP contribution in [-0.2, 0) is 4.79 Å². The van der Waals surface area contributed by atoms with Gasteiger partial charge in [-0.3, -0.25) is 4.79 Å². The highest BCUT2D eigenvalue weighted by atomic mass is 16.4. The summed E-state index contributed by atoms with van der Waals surface area (Å²) in [6.45, 7) is 3.57. The Bertz CT molecular complexity index is 204. The number of rotatable bonds is 10. The van der Waals surface area contributed by atoms with Crippen LogP contribution in [0.5, 0.6) is 0 Å². The van der Waals surface area contributed by atoms with Gasteiger partial charge in [0.05, 0.1) is 18.1 Å². The van der Waals surface area contributed by atoms with Crippen molar-refractivity contribution in [3.8, 4) is 0 Å². The van der Waals surface area contributed by atoms with Gasteiger partial charge < -0.3 is 15.3 Å². The second-order valence-corrected chi connectivity index (χ2v) is 4.73. The van der Waals surface area contributed by atoms with Gasteiger partial charge in [0.2, 0.25) is 0 Å². The van der Waals surface area contributed by atoms with E-state index in [4.69, 9.17) is 5.11 Å². The van der Waals surface area contributed by atoms with Gasteiger partial charge >= 0.3 is 5.97 Å². The van der Waals surface area contributed by atoms with Crippen LogP contribution >= 0.6 is 0 Å². The summed E-state index contributed by atoms with van der Waals surface area (Å²) in [6, 6.07) is 0. The Labute approximate surface area is 104 Å². The molecule has 0 aliphatic heterocycles. The first-order valence-corrected chi connectivity index (χ1v) is 6.59. The molecule has 0 amide bonds. The maximum Gasteiger partial charge on any atom is 0.309 e. The summed E-state index contributed by atoms with van der Waals surface area (Å²) in [4.78, 5) is 10.9. The molecule has 0 rings (SSSR count). The third kappa shape index (κ3) is 7.34. The van der Waals surface area contributed by atoms with Gasteiger partial charge in [-0.15, -0.1) is 0 Å². The van der Waals surface area contributed by atoms with Gasteiger partial charge in [0.15, 0.2) is 0 Å². The second-order valence-electron chi connectivity index (χ2n) is 4.73. The standard InChI is InChI=1S/C13H26O4/c1-3-4-5-6-7-8-9-11(13(16)17)12(15)10(2)14/h10-12,14-15H,3-9H2,1-2H3,(H,16,17). The zero-order valence-corrected chi connectivity index (χ0v) is 10.9. The highest BCUT2D eigenvalue weighted by Gasteiger charge is 2.29. The van der Waals surface area contributed by atoms with Gasteiger partial charge in [0.1, 0.15) is 0 Å². The predicted octanol–water partition coefficient (Wildman–Crippen LogP) is 2.18. The molecule has 0 radical (unpaired) electrons. The average molecular weight is 246 g/mol. The van der Waals surface area contributed by atoms with E-state index in [0.717, 1.165) is 19.3 Å². The van der Waals surface area contributed by atoms with Crippen molar-refractivity contribution in [3.05, 3.63) is 0 Å². The van der Waals surface area contributed by atoms with Crippen molar-refractivity contribution in [1.82, 2.24) is 0 Å². The van der Waals surface area contributed by atoms with E-state index in [1.807, 2.05) is 0 Å². The van der Waals surface area contributed by atoms with Crippen LogP contribution in [0.1, 0.15) is 58.8 Å². The van der Waals surface area contributed by atoms with Gasteiger partial charge in [0, 0.05) is 0 Å². The van der Waals surface area contributed by atoms with Crippen molar-refractivity contribution in [1.29, 1.82) is 0 Å². The number of carbonyl (C=O) groups is 1. The molecule has 0 aliphatic rings. The highest BCUT2D eigenvalue weighted by molar-refractivity contribution is 5.70. The number of aliphatic carboxylic acids is 1. The Morgan fingerprint density at radius 2 is 1.59 bits per heavy atom. The van der Waals surface area contributed by atoms with E-state index in [2.05, 4.69) is 6.92 Å². The first kappa shape index (κ1) is 16.4. The number of aliphatic hydroxyl groups excluding tert-OH is 2. The normalized spacial score (nSPS) is 16.5. The van der Waals surface area contributed by atoms with Crippen molar-refractivity contribution < 1.29 is 20.1 Å². The minimum Gasteiger partial charge on any atom is -0.481 e. The van der Waals surface area contributed by atoms with E-state index >= 15 is 0 Å². The highest BCUT2D eigenvalue weighted by Crippen LogP contribution is 2.18. The molecule has 4 heteroatoms. The first-order chi connectivity index (χ1) is 8.00. The molecule has 0 heterocycles. The van der Waals surface area contributed by atoms with E-state index in [1.165, 1.54) is 26.2 Å². The number of carboxylic acids is 1. The summed E-state index contributed by atoms with van der Waals surface area (Å²) in [6.07, 6.45) is 4.79. The summed E-state index contributed by atoms with van der Waals surface area (Å²) in [5, 5.41) is 27.7. The molecule has 0 spiro atoms.